The van der Waals surface area contributed by atoms with E-state index in [1.807, 2.05) is 42.5 Å². The van der Waals surface area contributed by atoms with Crippen molar-refractivity contribution in [1.82, 2.24) is 15.3 Å². The molecule has 6 nitrogen and oxygen atoms in total. The third kappa shape index (κ3) is 4.21. The lowest BCUT2D eigenvalue weighted by atomic mass is 10.0. The molecule has 0 aliphatic heterocycles. The van der Waals surface area contributed by atoms with E-state index in [4.69, 9.17) is 4.98 Å². The number of thiophene rings is 1. The molecule has 2 aliphatic rings. The number of carbonyl (C=O) groups is 2. The Bertz CT molecular complexity index is 1420. The van der Waals surface area contributed by atoms with Gasteiger partial charge in [-0.25, -0.2) is 4.98 Å². The van der Waals surface area contributed by atoms with Gasteiger partial charge in [-0.3, -0.25) is 14.6 Å². The molecule has 0 saturated heterocycles. The zero-order valence-corrected chi connectivity index (χ0v) is 20.2. The molecular formula is C28H26N4O2S. The molecule has 1 saturated carbocycles. The summed E-state index contributed by atoms with van der Waals surface area (Å²) >= 11 is 1.54. The quantitative estimate of drug-likeness (QED) is 0.378. The van der Waals surface area contributed by atoms with Crippen LogP contribution >= 0.6 is 11.3 Å². The van der Waals surface area contributed by atoms with E-state index in [9.17, 15) is 9.59 Å². The van der Waals surface area contributed by atoms with Gasteiger partial charge in [-0.05, 0) is 61.9 Å². The highest BCUT2D eigenvalue weighted by Gasteiger charge is 2.29. The monoisotopic (exact) mass is 482 g/mol. The van der Waals surface area contributed by atoms with E-state index >= 15 is 0 Å². The summed E-state index contributed by atoms with van der Waals surface area (Å²) in [4.78, 5) is 37.4. The van der Waals surface area contributed by atoms with Crippen LogP contribution in [0.2, 0.25) is 0 Å². The van der Waals surface area contributed by atoms with Crippen LogP contribution in [0.25, 0.3) is 22.3 Å². The number of benzene rings is 1. The molecule has 176 valence electrons. The van der Waals surface area contributed by atoms with Crippen LogP contribution in [-0.2, 0) is 12.8 Å². The van der Waals surface area contributed by atoms with Crippen molar-refractivity contribution >= 4 is 39.1 Å². The summed E-state index contributed by atoms with van der Waals surface area (Å²) in [6, 6.07) is 15.3. The van der Waals surface area contributed by atoms with Gasteiger partial charge in [0.2, 0.25) is 0 Å². The highest BCUT2D eigenvalue weighted by atomic mass is 32.1. The largest absolute Gasteiger partial charge is 0.349 e. The number of hydrogen-bond donors (Lipinski definition) is 2. The van der Waals surface area contributed by atoms with Crippen LogP contribution in [0, 0.1) is 0 Å². The Morgan fingerprint density at radius 2 is 1.74 bits per heavy atom. The Morgan fingerprint density at radius 3 is 2.57 bits per heavy atom. The molecule has 4 aromatic rings. The molecule has 1 fully saturated rings. The highest BCUT2D eigenvalue weighted by Crippen LogP contribution is 2.40. The Balaban J connectivity index is 1.37. The molecule has 3 aromatic heterocycles. The smallest absolute Gasteiger partial charge is 0.257 e. The van der Waals surface area contributed by atoms with Crippen molar-refractivity contribution in [2.75, 3.05) is 5.32 Å². The standard InChI is InChI=1S/C28H26N4O2S/c33-26(20-16-23(22-13-5-6-15-29-22)31-21-12-4-3-10-18(20)21)32-28-25(19-11-7-14-24(19)35-28)27(34)30-17-8-1-2-9-17/h3-6,10,12-13,15-17H,1-2,7-9,11,14H2,(H,30,34)(H,32,33). The third-order valence-electron chi connectivity index (χ3n) is 6.95. The lowest BCUT2D eigenvalue weighted by molar-refractivity contribution is 0.0938. The number of anilines is 1. The summed E-state index contributed by atoms with van der Waals surface area (Å²) in [6.07, 6.45) is 8.99. The minimum atomic E-state index is -0.240. The first-order chi connectivity index (χ1) is 17.2. The number of pyridine rings is 2. The van der Waals surface area contributed by atoms with E-state index < -0.39 is 0 Å². The van der Waals surface area contributed by atoms with Crippen LogP contribution < -0.4 is 10.6 Å². The zero-order chi connectivity index (χ0) is 23.8. The van der Waals surface area contributed by atoms with E-state index in [2.05, 4.69) is 15.6 Å². The molecule has 0 bridgehead atoms. The van der Waals surface area contributed by atoms with Crippen molar-refractivity contribution in [3.05, 3.63) is 76.3 Å². The number of nitrogens with zero attached hydrogens (tertiary/aromatic N) is 2. The number of aryl methyl sites for hydroxylation is 1. The third-order valence-corrected chi connectivity index (χ3v) is 8.16. The number of aromatic nitrogens is 2. The maximum atomic E-state index is 13.7. The lowest BCUT2D eigenvalue weighted by Gasteiger charge is -2.14. The molecule has 2 amide bonds. The van der Waals surface area contributed by atoms with E-state index in [1.165, 1.54) is 4.88 Å². The van der Waals surface area contributed by atoms with E-state index in [0.29, 0.717) is 27.5 Å². The topological polar surface area (TPSA) is 84.0 Å². The molecule has 1 aromatic carbocycles. The van der Waals surface area contributed by atoms with Crippen LogP contribution in [0.15, 0.2) is 54.7 Å². The van der Waals surface area contributed by atoms with Gasteiger partial charge in [0.15, 0.2) is 0 Å². The van der Waals surface area contributed by atoms with Gasteiger partial charge in [-0.1, -0.05) is 37.1 Å². The number of para-hydroxylation sites is 1. The number of rotatable bonds is 5. The van der Waals surface area contributed by atoms with Gasteiger partial charge in [-0.15, -0.1) is 11.3 Å². The minimum absolute atomic E-state index is 0.0552. The summed E-state index contributed by atoms with van der Waals surface area (Å²) in [5.74, 6) is -0.295. The molecule has 7 heteroatoms. The molecular weight excluding hydrogens is 456 g/mol. The molecule has 0 atom stereocenters. The highest BCUT2D eigenvalue weighted by molar-refractivity contribution is 7.17. The summed E-state index contributed by atoms with van der Waals surface area (Å²) in [6.45, 7) is 0. The Morgan fingerprint density at radius 1 is 0.914 bits per heavy atom. The second-order valence-electron chi connectivity index (χ2n) is 9.26. The Labute approximate surface area is 207 Å². The maximum absolute atomic E-state index is 13.7. The molecule has 2 N–H and O–H groups in total. The molecule has 0 radical (unpaired) electrons. The first-order valence-electron chi connectivity index (χ1n) is 12.3. The zero-order valence-electron chi connectivity index (χ0n) is 19.3. The summed E-state index contributed by atoms with van der Waals surface area (Å²) in [5, 5.41) is 7.74. The van der Waals surface area contributed by atoms with Crippen molar-refractivity contribution < 1.29 is 9.59 Å². The normalized spacial score (nSPS) is 15.3. The van der Waals surface area contributed by atoms with Crippen molar-refractivity contribution in [2.45, 2.75) is 51.0 Å². The molecule has 0 spiro atoms. The van der Waals surface area contributed by atoms with Crippen molar-refractivity contribution in [3.63, 3.8) is 0 Å². The first kappa shape index (κ1) is 21.9. The summed E-state index contributed by atoms with van der Waals surface area (Å²) < 4.78 is 0. The van der Waals surface area contributed by atoms with Crippen LogP contribution in [0.4, 0.5) is 5.00 Å². The van der Waals surface area contributed by atoms with Gasteiger partial charge in [0.1, 0.15) is 5.00 Å². The predicted octanol–water partition coefficient (Wildman–Crippen LogP) is 5.77. The van der Waals surface area contributed by atoms with E-state index in [1.54, 1.807) is 23.6 Å². The number of hydrogen-bond acceptors (Lipinski definition) is 5. The minimum Gasteiger partial charge on any atom is -0.349 e. The van der Waals surface area contributed by atoms with E-state index in [0.717, 1.165) is 61.4 Å². The van der Waals surface area contributed by atoms with Gasteiger partial charge in [0.05, 0.1) is 28.0 Å². The lowest BCUT2D eigenvalue weighted by Crippen LogP contribution is -2.33. The maximum Gasteiger partial charge on any atom is 0.257 e. The fraction of sp³-hybridized carbons (Fsp3) is 0.286. The Kier molecular flexibility index (Phi) is 5.78. The van der Waals surface area contributed by atoms with Crippen molar-refractivity contribution in [3.8, 4) is 11.4 Å². The van der Waals surface area contributed by atoms with Crippen molar-refractivity contribution in [1.29, 1.82) is 0 Å². The molecule has 2 aliphatic carbocycles. The average Bonchev–Trinajstić information content (AvgIpc) is 3.62. The van der Waals surface area contributed by atoms with E-state index in [-0.39, 0.29) is 17.9 Å². The van der Waals surface area contributed by atoms with Gasteiger partial charge < -0.3 is 10.6 Å². The average molecular weight is 483 g/mol. The predicted molar refractivity (Wildman–Crippen MR) is 139 cm³/mol. The number of nitrogens with one attached hydrogen (secondary N) is 2. The van der Waals surface area contributed by atoms with Crippen LogP contribution in [0.5, 0.6) is 0 Å². The molecule has 35 heavy (non-hydrogen) atoms. The summed E-state index contributed by atoms with van der Waals surface area (Å²) in [7, 11) is 0. The van der Waals surface area contributed by atoms with Crippen LogP contribution in [0.1, 0.15) is 63.3 Å². The molecule has 6 rings (SSSR count). The number of amides is 2. The van der Waals surface area contributed by atoms with Gasteiger partial charge >= 0.3 is 0 Å². The van der Waals surface area contributed by atoms with Crippen molar-refractivity contribution in [2.24, 2.45) is 0 Å². The fourth-order valence-electron chi connectivity index (χ4n) is 5.24. The van der Waals surface area contributed by atoms with Gasteiger partial charge in [0, 0.05) is 22.5 Å². The SMILES string of the molecule is O=C(NC1CCCC1)c1c(NC(=O)c2cc(-c3ccccn3)nc3ccccc23)sc2c1CCC2. The molecule has 0 unspecified atom stereocenters. The number of fused-ring (bicyclic) bond motifs is 2. The Hall–Kier alpha value is -3.58. The van der Waals surface area contributed by atoms with Crippen LogP contribution in [-0.4, -0.2) is 27.8 Å². The molecule has 3 heterocycles. The second-order valence-corrected chi connectivity index (χ2v) is 10.4. The number of carbonyl (C=O) groups excluding carboxylic acids is 2. The summed E-state index contributed by atoms with van der Waals surface area (Å²) in [5.41, 5.74) is 4.36. The fourth-order valence-corrected chi connectivity index (χ4v) is 6.52. The van der Waals surface area contributed by atoms with Crippen LogP contribution in [0.3, 0.4) is 0 Å². The first-order valence-corrected chi connectivity index (χ1v) is 13.1. The van der Waals surface area contributed by atoms with Gasteiger partial charge in [-0.2, -0.15) is 0 Å². The van der Waals surface area contributed by atoms with Gasteiger partial charge in [0.25, 0.3) is 11.8 Å². The second kappa shape index (κ2) is 9.23.